The summed E-state index contributed by atoms with van der Waals surface area (Å²) in [5.74, 6) is 0.651. The number of thioether (sulfide) groups is 1. The van der Waals surface area contributed by atoms with Gasteiger partial charge in [0.25, 0.3) is 0 Å². The van der Waals surface area contributed by atoms with E-state index >= 15 is 0 Å². The number of ether oxygens (including phenoxy) is 1. The van der Waals surface area contributed by atoms with Gasteiger partial charge in [-0.2, -0.15) is 5.26 Å². The van der Waals surface area contributed by atoms with Crippen LogP contribution in [0.5, 0.6) is 5.75 Å². The molecule has 0 aliphatic carbocycles. The number of hydrogen-bond acceptors (Lipinski definition) is 7. The summed E-state index contributed by atoms with van der Waals surface area (Å²) in [6.45, 7) is 6.63. The van der Waals surface area contributed by atoms with Crippen LogP contribution in [0.1, 0.15) is 51.3 Å². The molecule has 0 saturated carbocycles. The molecule has 2 aromatic heterocycles. The van der Waals surface area contributed by atoms with Crippen molar-refractivity contribution >= 4 is 44.4 Å². The molecule has 3 aromatic rings. The topological polar surface area (TPSA) is 87.9 Å². The Hall–Kier alpha value is -2.63. The van der Waals surface area contributed by atoms with Gasteiger partial charge in [-0.25, -0.2) is 9.97 Å². The zero-order valence-corrected chi connectivity index (χ0v) is 19.6. The van der Waals surface area contributed by atoms with Crippen molar-refractivity contribution in [2.45, 2.75) is 56.7 Å². The van der Waals surface area contributed by atoms with Gasteiger partial charge in [-0.15, -0.1) is 0 Å². The van der Waals surface area contributed by atoms with Crippen LogP contribution in [-0.4, -0.2) is 27.7 Å². The van der Waals surface area contributed by atoms with Gasteiger partial charge in [-0.05, 0) is 56.5 Å². The summed E-state index contributed by atoms with van der Waals surface area (Å²) in [5, 5.41) is 13.2. The maximum atomic E-state index is 13.0. The summed E-state index contributed by atoms with van der Waals surface area (Å²) in [7, 11) is 0. The maximum absolute atomic E-state index is 13.0. The molecule has 6 nitrogen and oxygen atoms in total. The molecule has 0 spiro atoms. The number of pyridine rings is 1. The predicted molar refractivity (Wildman–Crippen MR) is 127 cm³/mol. The largest absolute Gasteiger partial charge is 0.494 e. The fourth-order valence-corrected chi connectivity index (χ4v) is 4.92. The molecule has 3 rings (SSSR count). The Bertz CT molecular complexity index is 1090. The molecule has 0 aliphatic heterocycles. The van der Waals surface area contributed by atoms with Crippen LogP contribution in [0.4, 0.5) is 5.13 Å². The third-order valence-corrected chi connectivity index (χ3v) is 6.94. The summed E-state index contributed by atoms with van der Waals surface area (Å²) < 4.78 is 6.49. The molecule has 0 saturated heterocycles. The highest BCUT2D eigenvalue weighted by molar-refractivity contribution is 8.00. The van der Waals surface area contributed by atoms with Crippen LogP contribution in [0.15, 0.2) is 35.4 Å². The van der Waals surface area contributed by atoms with Crippen LogP contribution >= 0.6 is 23.1 Å². The molecule has 0 fully saturated rings. The van der Waals surface area contributed by atoms with Crippen molar-refractivity contribution in [1.29, 1.82) is 5.26 Å². The quantitative estimate of drug-likeness (QED) is 0.389. The Morgan fingerprint density at radius 2 is 2.10 bits per heavy atom. The van der Waals surface area contributed by atoms with Gasteiger partial charge in [-0.1, -0.05) is 43.4 Å². The molecule has 1 aromatic carbocycles. The van der Waals surface area contributed by atoms with E-state index in [4.69, 9.17) is 4.74 Å². The van der Waals surface area contributed by atoms with E-state index in [0.29, 0.717) is 28.7 Å². The summed E-state index contributed by atoms with van der Waals surface area (Å²) in [4.78, 5) is 22.1. The van der Waals surface area contributed by atoms with E-state index in [0.717, 1.165) is 40.9 Å². The summed E-state index contributed by atoms with van der Waals surface area (Å²) >= 11 is 2.76. The number of aromatic nitrogens is 2. The number of anilines is 1. The molecule has 1 atom stereocenters. The molecule has 1 amide bonds. The predicted octanol–water partition coefficient (Wildman–Crippen LogP) is 5.81. The van der Waals surface area contributed by atoms with Gasteiger partial charge in [0.05, 0.1) is 27.6 Å². The lowest BCUT2D eigenvalue weighted by molar-refractivity contribution is -0.115. The standard InChI is InChI=1S/C23H26N4O2S2/c1-4-7-8-16-10-9-15(14-24)22(25-16)30-19(5-2)21(28)27-23-26-18-12-11-17(29-6-3)13-20(18)31-23/h9-13,19H,4-8H2,1-3H3,(H,26,27,28). The first-order valence-electron chi connectivity index (χ1n) is 10.5. The second kappa shape index (κ2) is 11.1. The average molecular weight is 455 g/mol. The number of unbranched alkanes of at least 4 members (excludes halogenated alkanes) is 1. The second-order valence-corrected chi connectivity index (χ2v) is 9.18. The van der Waals surface area contributed by atoms with Crippen molar-refractivity contribution in [2.24, 2.45) is 0 Å². The van der Waals surface area contributed by atoms with Crippen LogP contribution in [0.25, 0.3) is 10.2 Å². The van der Waals surface area contributed by atoms with Crippen molar-refractivity contribution in [3.8, 4) is 11.8 Å². The number of hydrogen-bond donors (Lipinski definition) is 1. The normalized spacial score (nSPS) is 11.8. The molecule has 162 valence electrons. The highest BCUT2D eigenvalue weighted by Crippen LogP contribution is 2.32. The van der Waals surface area contributed by atoms with Crippen LogP contribution in [0, 0.1) is 11.3 Å². The monoisotopic (exact) mass is 454 g/mol. The Morgan fingerprint density at radius 1 is 1.26 bits per heavy atom. The minimum atomic E-state index is -0.368. The molecular weight excluding hydrogens is 428 g/mol. The first-order chi connectivity index (χ1) is 15.1. The number of fused-ring (bicyclic) bond motifs is 1. The lowest BCUT2D eigenvalue weighted by atomic mass is 10.2. The van der Waals surface area contributed by atoms with Gasteiger partial charge in [0.1, 0.15) is 16.8 Å². The van der Waals surface area contributed by atoms with Crippen molar-refractivity contribution in [1.82, 2.24) is 9.97 Å². The molecule has 8 heteroatoms. The van der Waals surface area contributed by atoms with Gasteiger partial charge in [0, 0.05) is 5.69 Å². The van der Waals surface area contributed by atoms with E-state index < -0.39 is 0 Å². The van der Waals surface area contributed by atoms with E-state index in [1.807, 2.05) is 38.1 Å². The first kappa shape index (κ1) is 23.0. The smallest absolute Gasteiger partial charge is 0.239 e. The number of amides is 1. The molecular formula is C23H26N4O2S2. The van der Waals surface area contributed by atoms with E-state index in [9.17, 15) is 10.1 Å². The van der Waals surface area contributed by atoms with E-state index in [1.54, 1.807) is 6.07 Å². The van der Waals surface area contributed by atoms with Crippen molar-refractivity contribution < 1.29 is 9.53 Å². The zero-order chi connectivity index (χ0) is 22.2. The minimum absolute atomic E-state index is 0.138. The van der Waals surface area contributed by atoms with E-state index in [-0.39, 0.29) is 11.2 Å². The molecule has 2 heterocycles. The minimum Gasteiger partial charge on any atom is -0.494 e. The summed E-state index contributed by atoms with van der Waals surface area (Å²) in [5.41, 5.74) is 2.27. The van der Waals surface area contributed by atoms with Crippen LogP contribution < -0.4 is 10.1 Å². The maximum Gasteiger partial charge on any atom is 0.239 e. The fourth-order valence-electron chi connectivity index (χ4n) is 3.01. The number of nitriles is 1. The van der Waals surface area contributed by atoms with Gasteiger partial charge in [0.2, 0.25) is 5.91 Å². The third-order valence-electron chi connectivity index (χ3n) is 4.64. The number of nitrogens with zero attached hydrogens (tertiary/aromatic N) is 3. The number of nitrogens with one attached hydrogen (secondary N) is 1. The Labute approximate surface area is 191 Å². The number of aryl methyl sites for hydroxylation is 1. The molecule has 0 aliphatic rings. The summed E-state index contributed by atoms with van der Waals surface area (Å²) in [6, 6.07) is 11.6. The van der Waals surface area contributed by atoms with Gasteiger partial charge < -0.3 is 10.1 Å². The van der Waals surface area contributed by atoms with Crippen LogP contribution in [0.3, 0.4) is 0 Å². The Kier molecular flexibility index (Phi) is 8.27. The molecule has 31 heavy (non-hydrogen) atoms. The number of benzene rings is 1. The Morgan fingerprint density at radius 3 is 2.81 bits per heavy atom. The van der Waals surface area contributed by atoms with Gasteiger partial charge in [-0.3, -0.25) is 4.79 Å². The van der Waals surface area contributed by atoms with Gasteiger partial charge >= 0.3 is 0 Å². The van der Waals surface area contributed by atoms with Crippen LogP contribution in [0.2, 0.25) is 0 Å². The van der Waals surface area contributed by atoms with Gasteiger partial charge in [0.15, 0.2) is 5.13 Å². The molecule has 1 N–H and O–H groups in total. The SMILES string of the molecule is CCCCc1ccc(C#N)c(SC(CC)C(=O)Nc2nc3ccc(OCC)cc3s2)n1. The second-order valence-electron chi connectivity index (χ2n) is 6.96. The van der Waals surface area contributed by atoms with E-state index in [2.05, 4.69) is 28.3 Å². The lowest BCUT2D eigenvalue weighted by Gasteiger charge is -2.14. The molecule has 0 bridgehead atoms. The fraction of sp³-hybridized carbons (Fsp3) is 0.391. The molecule has 1 unspecified atom stereocenters. The van der Waals surface area contributed by atoms with Crippen molar-refractivity contribution in [3.63, 3.8) is 0 Å². The number of carbonyl (C=O) groups excluding carboxylic acids is 1. The summed E-state index contributed by atoms with van der Waals surface area (Å²) in [6.07, 6.45) is 3.61. The highest BCUT2D eigenvalue weighted by atomic mass is 32.2. The molecule has 0 radical (unpaired) electrons. The van der Waals surface area contributed by atoms with Crippen LogP contribution in [-0.2, 0) is 11.2 Å². The van der Waals surface area contributed by atoms with E-state index in [1.165, 1.54) is 23.1 Å². The number of rotatable bonds is 10. The number of thiazole rings is 1. The average Bonchev–Trinajstić information content (AvgIpc) is 3.17. The zero-order valence-electron chi connectivity index (χ0n) is 18.0. The highest BCUT2D eigenvalue weighted by Gasteiger charge is 2.22. The van der Waals surface area contributed by atoms with Crippen molar-refractivity contribution in [2.75, 3.05) is 11.9 Å². The third kappa shape index (κ3) is 5.96. The van der Waals surface area contributed by atoms with Crippen molar-refractivity contribution in [3.05, 3.63) is 41.6 Å². The Balaban J connectivity index is 1.74. The first-order valence-corrected chi connectivity index (χ1v) is 12.2. The lowest BCUT2D eigenvalue weighted by Crippen LogP contribution is -2.24. The number of carbonyl (C=O) groups is 1.